The number of nitrogens with one attached hydrogen (secondary N) is 1. The first kappa shape index (κ1) is 21.8. The molecule has 0 unspecified atom stereocenters. The molecular formula is C17H19NO8S2. The lowest BCUT2D eigenvalue weighted by molar-refractivity contribution is -0.116. The maximum absolute atomic E-state index is 11.5. The summed E-state index contributed by atoms with van der Waals surface area (Å²) in [4.78, 5) is 10.1. The molecule has 1 amide bonds. The van der Waals surface area contributed by atoms with Crippen molar-refractivity contribution in [2.24, 2.45) is 0 Å². The van der Waals surface area contributed by atoms with Gasteiger partial charge in [0.15, 0.2) is 0 Å². The zero-order valence-corrected chi connectivity index (χ0v) is 16.3. The second kappa shape index (κ2) is 8.69. The van der Waals surface area contributed by atoms with Crippen LogP contribution in [0.3, 0.4) is 0 Å². The quantitative estimate of drug-likeness (QED) is 0.310. The number of fused-ring (bicyclic) bond motifs is 1. The van der Waals surface area contributed by atoms with Crippen molar-refractivity contribution in [3.8, 4) is 5.75 Å². The summed E-state index contributed by atoms with van der Waals surface area (Å²) in [6, 6.07) is 5.81. The van der Waals surface area contributed by atoms with Gasteiger partial charge in [-0.25, -0.2) is 0 Å². The summed E-state index contributed by atoms with van der Waals surface area (Å²) in [6.45, 7) is 3.94. The molecule has 0 bridgehead atoms. The average molecular weight is 429 g/mol. The molecule has 2 aromatic rings. The summed E-state index contributed by atoms with van der Waals surface area (Å²) in [6.07, 6.45) is 2.30. The molecule has 0 radical (unpaired) electrons. The summed E-state index contributed by atoms with van der Waals surface area (Å²) in [5.41, 5.74) is 0. The molecule has 3 N–H and O–H groups in total. The minimum Gasteiger partial charge on any atom is -0.493 e. The van der Waals surface area contributed by atoms with Gasteiger partial charge in [0.1, 0.15) is 5.75 Å². The van der Waals surface area contributed by atoms with E-state index >= 15 is 0 Å². The Labute approximate surface area is 162 Å². The van der Waals surface area contributed by atoms with Gasteiger partial charge in [-0.05, 0) is 48.6 Å². The van der Waals surface area contributed by atoms with Crippen molar-refractivity contribution in [3.63, 3.8) is 0 Å². The molecule has 11 heteroatoms. The van der Waals surface area contributed by atoms with Crippen molar-refractivity contribution in [2.75, 3.05) is 13.2 Å². The first-order valence-corrected chi connectivity index (χ1v) is 11.0. The molecule has 2 rings (SSSR count). The summed E-state index contributed by atoms with van der Waals surface area (Å²) in [7, 11) is -9.05. The molecule has 0 aliphatic carbocycles. The van der Waals surface area contributed by atoms with E-state index in [2.05, 4.69) is 11.9 Å². The standard InChI is InChI=1S/C17H19NO8S2/c1-2-17(19)18-7-3-4-8-26-16-11-14(28(23,24)25)10-12-9-13(27(20,21)22)5-6-15(12)16/h2,5-6,9-11H,1,3-4,7-8H2,(H,18,19)(H,20,21,22)(H,23,24,25). The normalized spacial score (nSPS) is 11.9. The molecule has 0 fully saturated rings. The first-order chi connectivity index (χ1) is 13.0. The van der Waals surface area contributed by atoms with E-state index in [4.69, 9.17) is 9.29 Å². The van der Waals surface area contributed by atoms with E-state index in [0.717, 1.165) is 30.3 Å². The van der Waals surface area contributed by atoms with Crippen LogP contribution in [0.1, 0.15) is 12.8 Å². The molecule has 0 heterocycles. The number of hydrogen-bond acceptors (Lipinski definition) is 6. The van der Waals surface area contributed by atoms with E-state index in [1.165, 1.54) is 6.07 Å². The molecule has 0 saturated heterocycles. The van der Waals surface area contributed by atoms with Crippen LogP contribution in [0, 0.1) is 0 Å². The van der Waals surface area contributed by atoms with Crippen molar-refractivity contribution >= 4 is 36.9 Å². The van der Waals surface area contributed by atoms with Crippen molar-refractivity contribution in [2.45, 2.75) is 22.6 Å². The highest BCUT2D eigenvalue weighted by atomic mass is 32.2. The minimum atomic E-state index is -4.57. The molecule has 0 aromatic heterocycles. The van der Waals surface area contributed by atoms with Crippen LogP contribution in [0.5, 0.6) is 5.75 Å². The van der Waals surface area contributed by atoms with Crippen LogP contribution in [0.2, 0.25) is 0 Å². The summed E-state index contributed by atoms with van der Waals surface area (Å²) >= 11 is 0. The van der Waals surface area contributed by atoms with Crippen LogP contribution < -0.4 is 10.1 Å². The SMILES string of the molecule is C=CC(=O)NCCCCOc1cc(S(=O)(=O)O)cc2cc(S(=O)(=O)O)ccc12. The molecule has 2 aromatic carbocycles. The zero-order valence-electron chi connectivity index (χ0n) is 14.7. The van der Waals surface area contributed by atoms with E-state index in [1.54, 1.807) is 0 Å². The fourth-order valence-electron chi connectivity index (χ4n) is 2.41. The van der Waals surface area contributed by atoms with E-state index in [0.29, 0.717) is 24.8 Å². The lowest BCUT2D eigenvalue weighted by atomic mass is 10.1. The summed E-state index contributed by atoms with van der Waals surface area (Å²) in [5.74, 6) is -0.162. The van der Waals surface area contributed by atoms with E-state index in [1.807, 2.05) is 0 Å². The number of ether oxygens (including phenoxy) is 1. The maximum atomic E-state index is 11.5. The third kappa shape index (κ3) is 5.76. The van der Waals surface area contributed by atoms with Crippen LogP contribution in [0.25, 0.3) is 10.8 Å². The number of carbonyl (C=O) groups excluding carboxylic acids is 1. The smallest absolute Gasteiger partial charge is 0.294 e. The van der Waals surface area contributed by atoms with E-state index < -0.39 is 30.0 Å². The van der Waals surface area contributed by atoms with Gasteiger partial charge in [-0.15, -0.1) is 0 Å². The van der Waals surface area contributed by atoms with Gasteiger partial charge in [0.2, 0.25) is 5.91 Å². The van der Waals surface area contributed by atoms with Crippen LogP contribution in [-0.4, -0.2) is 45.0 Å². The number of hydrogen-bond donors (Lipinski definition) is 3. The molecule has 0 aliphatic heterocycles. The Balaban J connectivity index is 2.26. The number of rotatable bonds is 9. The topological polar surface area (TPSA) is 147 Å². The average Bonchev–Trinajstić information content (AvgIpc) is 2.61. The van der Waals surface area contributed by atoms with Gasteiger partial charge in [-0.1, -0.05) is 6.58 Å². The minimum absolute atomic E-state index is 0.127. The zero-order chi connectivity index (χ0) is 20.9. The first-order valence-electron chi connectivity index (χ1n) is 8.08. The largest absolute Gasteiger partial charge is 0.493 e. The van der Waals surface area contributed by atoms with Crippen molar-refractivity contribution in [3.05, 3.63) is 43.0 Å². The van der Waals surface area contributed by atoms with Gasteiger partial charge >= 0.3 is 0 Å². The highest BCUT2D eigenvalue weighted by Crippen LogP contribution is 2.31. The molecule has 152 valence electrons. The Hall–Kier alpha value is -2.47. The van der Waals surface area contributed by atoms with Crippen molar-refractivity contribution in [1.29, 1.82) is 0 Å². The fraction of sp³-hybridized carbons (Fsp3) is 0.235. The van der Waals surface area contributed by atoms with Crippen LogP contribution in [0.4, 0.5) is 0 Å². The molecule has 0 atom stereocenters. The van der Waals surface area contributed by atoms with Gasteiger partial charge in [-0.2, -0.15) is 16.8 Å². The molecule has 0 aliphatic rings. The second-order valence-corrected chi connectivity index (χ2v) is 8.65. The van der Waals surface area contributed by atoms with E-state index in [-0.39, 0.29) is 23.6 Å². The Morgan fingerprint density at radius 2 is 1.68 bits per heavy atom. The monoisotopic (exact) mass is 429 g/mol. The predicted molar refractivity (Wildman–Crippen MR) is 102 cm³/mol. The Morgan fingerprint density at radius 3 is 2.29 bits per heavy atom. The molecule has 0 spiro atoms. The van der Waals surface area contributed by atoms with Crippen LogP contribution in [-0.2, 0) is 25.0 Å². The predicted octanol–water partition coefficient (Wildman–Crippen LogP) is 1.79. The lowest BCUT2D eigenvalue weighted by Crippen LogP contribution is -2.22. The lowest BCUT2D eigenvalue weighted by Gasteiger charge is -2.12. The second-order valence-electron chi connectivity index (χ2n) is 5.81. The Bertz CT molecular complexity index is 1100. The molecule has 28 heavy (non-hydrogen) atoms. The van der Waals surface area contributed by atoms with Crippen LogP contribution >= 0.6 is 0 Å². The Kier molecular flexibility index (Phi) is 6.77. The molecular weight excluding hydrogens is 410 g/mol. The number of benzene rings is 2. The van der Waals surface area contributed by atoms with Gasteiger partial charge in [0, 0.05) is 18.0 Å². The van der Waals surface area contributed by atoms with Crippen molar-refractivity contribution in [1.82, 2.24) is 5.32 Å². The number of amides is 1. The van der Waals surface area contributed by atoms with Gasteiger partial charge < -0.3 is 10.1 Å². The Morgan fingerprint density at radius 1 is 1.04 bits per heavy atom. The van der Waals surface area contributed by atoms with Gasteiger partial charge in [-0.3, -0.25) is 13.9 Å². The highest BCUT2D eigenvalue weighted by Gasteiger charge is 2.17. The molecule has 0 saturated carbocycles. The van der Waals surface area contributed by atoms with Gasteiger partial charge in [0.05, 0.1) is 16.4 Å². The number of carbonyl (C=O) groups is 1. The maximum Gasteiger partial charge on any atom is 0.294 e. The van der Waals surface area contributed by atoms with Crippen molar-refractivity contribution < 1.29 is 35.5 Å². The fourth-order valence-corrected chi connectivity index (χ4v) is 3.46. The summed E-state index contributed by atoms with van der Waals surface area (Å²) < 4.78 is 69.7. The number of unbranched alkanes of at least 4 members (excludes halogenated alkanes) is 1. The van der Waals surface area contributed by atoms with Crippen LogP contribution in [0.15, 0.2) is 52.8 Å². The highest BCUT2D eigenvalue weighted by molar-refractivity contribution is 7.86. The third-order valence-electron chi connectivity index (χ3n) is 3.77. The van der Waals surface area contributed by atoms with E-state index in [9.17, 15) is 26.2 Å². The molecule has 9 nitrogen and oxygen atoms in total. The summed E-state index contributed by atoms with van der Waals surface area (Å²) in [5, 5.41) is 3.16. The third-order valence-corrected chi connectivity index (χ3v) is 5.45. The van der Waals surface area contributed by atoms with Gasteiger partial charge in [0.25, 0.3) is 20.2 Å².